The molecule has 3 amide bonds. The van der Waals surface area contributed by atoms with Crippen molar-refractivity contribution in [2.75, 3.05) is 25.7 Å². The number of rotatable bonds is 8. The summed E-state index contributed by atoms with van der Waals surface area (Å²) in [5, 5.41) is 0. The Morgan fingerprint density at radius 3 is 2.28 bits per heavy atom. The average molecular weight is 491 g/mol. The molecule has 188 valence electrons. The van der Waals surface area contributed by atoms with Gasteiger partial charge in [-0.1, -0.05) is 11.6 Å². The summed E-state index contributed by atoms with van der Waals surface area (Å²) in [5.74, 6) is -1.03. The molecule has 0 N–H and O–H groups in total. The molecule has 1 unspecified atom stereocenters. The number of imide groups is 1. The van der Waals surface area contributed by atoms with E-state index in [1.54, 1.807) is 31.4 Å². The molecule has 1 fully saturated rings. The number of hydrogen-bond acceptors (Lipinski definition) is 6. The molecular weight excluding hydrogens is 460 g/mol. The van der Waals surface area contributed by atoms with E-state index in [0.29, 0.717) is 35.5 Å². The van der Waals surface area contributed by atoms with E-state index in [1.807, 2.05) is 0 Å². The van der Waals surface area contributed by atoms with Crippen LogP contribution in [-0.4, -0.2) is 55.4 Å². The highest BCUT2D eigenvalue weighted by Crippen LogP contribution is 2.29. The Kier molecular flexibility index (Phi) is 7.83. The molecule has 2 aromatic rings. The summed E-state index contributed by atoms with van der Waals surface area (Å²) >= 11 is 0. The molecule has 1 saturated heterocycles. The van der Waals surface area contributed by atoms with Crippen LogP contribution < -0.4 is 9.64 Å². The van der Waals surface area contributed by atoms with Crippen molar-refractivity contribution in [1.82, 2.24) is 4.90 Å². The van der Waals surface area contributed by atoms with Crippen molar-refractivity contribution in [2.24, 2.45) is 0 Å². The van der Waals surface area contributed by atoms with Crippen molar-refractivity contribution >= 4 is 29.4 Å². The molecule has 8 nitrogen and oxygen atoms in total. The quantitative estimate of drug-likeness (QED) is 0.314. The first-order valence-corrected chi connectivity index (χ1v) is 12.1. The lowest BCUT2D eigenvalue weighted by molar-refractivity contribution is -0.122. The first kappa shape index (κ1) is 25.2. The van der Waals surface area contributed by atoms with Crippen molar-refractivity contribution in [2.45, 2.75) is 44.6 Å². The largest absolute Gasteiger partial charge is 0.497 e. The Balaban J connectivity index is 1.59. The first-order chi connectivity index (χ1) is 17.4. The lowest BCUT2D eigenvalue weighted by atomic mass is 9.96. The minimum absolute atomic E-state index is 0.0987. The van der Waals surface area contributed by atoms with Crippen LogP contribution in [-0.2, 0) is 14.3 Å². The van der Waals surface area contributed by atoms with Crippen LogP contribution in [0.15, 0.2) is 60.2 Å². The normalized spacial score (nSPS) is 17.6. The van der Waals surface area contributed by atoms with Crippen LogP contribution >= 0.6 is 0 Å². The van der Waals surface area contributed by atoms with Gasteiger partial charge in [-0.25, -0.2) is 9.69 Å². The van der Waals surface area contributed by atoms with Crippen molar-refractivity contribution < 1.29 is 28.7 Å². The van der Waals surface area contributed by atoms with Crippen LogP contribution in [0.5, 0.6) is 5.75 Å². The van der Waals surface area contributed by atoms with Gasteiger partial charge in [0.2, 0.25) is 5.91 Å². The molecule has 4 rings (SSSR count). The molecule has 1 atom stereocenters. The summed E-state index contributed by atoms with van der Waals surface area (Å²) in [4.78, 5) is 54.4. The van der Waals surface area contributed by atoms with Gasteiger partial charge < -0.3 is 14.4 Å². The summed E-state index contributed by atoms with van der Waals surface area (Å²) in [6, 6.07) is 11.9. The number of nitrogens with zero attached hydrogens (tertiary/aromatic N) is 2. The van der Waals surface area contributed by atoms with Gasteiger partial charge in [-0.15, -0.1) is 0 Å². The molecule has 0 spiro atoms. The minimum atomic E-state index is -0.906. The highest BCUT2D eigenvalue weighted by Gasteiger charge is 2.44. The monoisotopic (exact) mass is 490 g/mol. The van der Waals surface area contributed by atoms with Crippen molar-refractivity contribution in [3.8, 4) is 5.75 Å². The van der Waals surface area contributed by atoms with Crippen molar-refractivity contribution in [1.29, 1.82) is 0 Å². The molecule has 1 aliphatic carbocycles. The molecule has 1 aliphatic heterocycles. The van der Waals surface area contributed by atoms with E-state index in [0.717, 1.165) is 30.6 Å². The second-order valence-electron chi connectivity index (χ2n) is 8.91. The van der Waals surface area contributed by atoms with E-state index in [-0.39, 0.29) is 18.2 Å². The fourth-order valence-corrected chi connectivity index (χ4v) is 4.69. The Bertz CT molecular complexity index is 1170. The average Bonchev–Trinajstić information content (AvgIpc) is 3.22. The lowest BCUT2D eigenvalue weighted by Crippen LogP contribution is -2.46. The summed E-state index contributed by atoms with van der Waals surface area (Å²) in [6.45, 7) is 0.343. The molecule has 0 aromatic heterocycles. The van der Waals surface area contributed by atoms with E-state index >= 15 is 0 Å². The van der Waals surface area contributed by atoms with Crippen molar-refractivity contribution in [3.63, 3.8) is 0 Å². The van der Waals surface area contributed by atoms with Gasteiger partial charge in [-0.3, -0.25) is 14.4 Å². The van der Waals surface area contributed by atoms with E-state index in [1.165, 1.54) is 41.8 Å². The van der Waals surface area contributed by atoms with Gasteiger partial charge >= 0.3 is 5.97 Å². The van der Waals surface area contributed by atoms with Crippen LogP contribution in [0.3, 0.4) is 0 Å². The summed E-state index contributed by atoms with van der Waals surface area (Å²) in [6.07, 6.45) is 7.08. The minimum Gasteiger partial charge on any atom is -0.497 e. The highest BCUT2D eigenvalue weighted by molar-refractivity contribution is 6.23. The van der Waals surface area contributed by atoms with Gasteiger partial charge in [-0.2, -0.15) is 0 Å². The number of ether oxygens (including phenoxy) is 2. The Labute approximate surface area is 210 Å². The van der Waals surface area contributed by atoms with Crippen LogP contribution in [0.1, 0.15) is 59.2 Å². The fourth-order valence-electron chi connectivity index (χ4n) is 4.69. The predicted molar refractivity (Wildman–Crippen MR) is 134 cm³/mol. The predicted octanol–water partition coefficient (Wildman–Crippen LogP) is 4.15. The number of esters is 1. The zero-order chi connectivity index (χ0) is 25.7. The zero-order valence-electron chi connectivity index (χ0n) is 20.6. The maximum atomic E-state index is 13.6. The third-order valence-electron chi connectivity index (χ3n) is 6.70. The van der Waals surface area contributed by atoms with Crippen LogP contribution in [0.25, 0.3) is 0 Å². The SMILES string of the molecule is COC(=O)c1ccc(N2C(=O)CC(N(CCC3=CCCCC3)C(=O)c3ccc(OC)cc3)C2=O)cc1. The van der Waals surface area contributed by atoms with Gasteiger partial charge in [-0.05, 0) is 80.6 Å². The van der Waals surface area contributed by atoms with Gasteiger partial charge in [0.1, 0.15) is 11.8 Å². The van der Waals surface area contributed by atoms with E-state index < -0.39 is 17.9 Å². The Morgan fingerprint density at radius 2 is 1.67 bits per heavy atom. The fraction of sp³-hybridized carbons (Fsp3) is 0.357. The van der Waals surface area contributed by atoms with E-state index in [2.05, 4.69) is 6.08 Å². The molecule has 2 aromatic carbocycles. The molecule has 0 radical (unpaired) electrons. The standard InChI is InChI=1S/C28H30N2O6/c1-35-23-14-10-20(11-15-23)26(32)29(17-16-19-6-4-3-5-7-19)24-18-25(31)30(27(24)33)22-12-8-21(9-13-22)28(34)36-2/h6,8-15,24H,3-5,7,16-18H2,1-2H3. The third-order valence-corrected chi connectivity index (χ3v) is 6.70. The number of carbonyl (C=O) groups is 4. The van der Waals surface area contributed by atoms with E-state index in [4.69, 9.17) is 9.47 Å². The maximum absolute atomic E-state index is 13.6. The molecule has 36 heavy (non-hydrogen) atoms. The number of anilines is 1. The number of methoxy groups -OCH3 is 2. The molecule has 2 aliphatic rings. The highest BCUT2D eigenvalue weighted by atomic mass is 16.5. The summed E-state index contributed by atoms with van der Waals surface area (Å²) < 4.78 is 9.90. The van der Waals surface area contributed by atoms with Crippen LogP contribution in [0, 0.1) is 0 Å². The lowest BCUT2D eigenvalue weighted by Gasteiger charge is -2.28. The zero-order valence-corrected chi connectivity index (χ0v) is 20.6. The Morgan fingerprint density at radius 1 is 0.972 bits per heavy atom. The second-order valence-corrected chi connectivity index (χ2v) is 8.91. The van der Waals surface area contributed by atoms with Crippen LogP contribution in [0.2, 0.25) is 0 Å². The topological polar surface area (TPSA) is 93.2 Å². The maximum Gasteiger partial charge on any atom is 0.337 e. The number of benzene rings is 2. The van der Waals surface area contributed by atoms with E-state index in [9.17, 15) is 19.2 Å². The van der Waals surface area contributed by atoms with Gasteiger partial charge in [0, 0.05) is 12.1 Å². The first-order valence-electron chi connectivity index (χ1n) is 12.1. The second kappa shape index (κ2) is 11.2. The third kappa shape index (κ3) is 5.32. The summed E-state index contributed by atoms with van der Waals surface area (Å²) in [5.41, 5.74) is 2.37. The van der Waals surface area contributed by atoms with Crippen LogP contribution in [0.4, 0.5) is 5.69 Å². The van der Waals surface area contributed by atoms with Gasteiger partial charge in [0.25, 0.3) is 11.8 Å². The molecule has 0 saturated carbocycles. The number of carbonyl (C=O) groups excluding carboxylic acids is 4. The van der Waals surface area contributed by atoms with Gasteiger partial charge in [0.05, 0.1) is 31.9 Å². The molecule has 8 heteroatoms. The molecule has 0 bridgehead atoms. The Hall–Kier alpha value is -3.94. The number of amides is 3. The number of allylic oxidation sites excluding steroid dienone is 1. The molecule has 1 heterocycles. The smallest absolute Gasteiger partial charge is 0.337 e. The van der Waals surface area contributed by atoms with Crippen molar-refractivity contribution in [3.05, 3.63) is 71.3 Å². The number of hydrogen-bond donors (Lipinski definition) is 0. The molecular formula is C28H30N2O6. The summed E-state index contributed by atoms with van der Waals surface area (Å²) in [7, 11) is 2.84. The van der Waals surface area contributed by atoms with Gasteiger partial charge in [0.15, 0.2) is 0 Å².